The fourth-order valence-electron chi connectivity index (χ4n) is 5.23. The van der Waals surface area contributed by atoms with Gasteiger partial charge in [-0.15, -0.1) is 0 Å². The second kappa shape index (κ2) is 8.43. The Kier molecular flexibility index (Phi) is 5.58. The van der Waals surface area contributed by atoms with Crippen LogP contribution in [0.15, 0.2) is 30.5 Å². The smallest absolute Gasteiger partial charge is 0.258 e. The predicted octanol–water partition coefficient (Wildman–Crippen LogP) is 4.11. The third-order valence-electron chi connectivity index (χ3n) is 7.34. The fraction of sp³-hybridized carbons (Fsp3) is 0.542. The van der Waals surface area contributed by atoms with Gasteiger partial charge < -0.3 is 20.9 Å². The van der Waals surface area contributed by atoms with E-state index >= 15 is 8.78 Å². The van der Waals surface area contributed by atoms with Crippen molar-refractivity contribution in [1.29, 1.82) is 0 Å². The Hall–Kier alpha value is -2.97. The molecule has 3 N–H and O–H groups in total. The lowest BCUT2D eigenvalue weighted by molar-refractivity contribution is 0.0789. The van der Waals surface area contributed by atoms with Crippen LogP contribution in [-0.2, 0) is 0 Å². The number of nitrogens with zero attached hydrogens (tertiary/aromatic N) is 4. The summed E-state index contributed by atoms with van der Waals surface area (Å²) in [5, 5.41) is 2.86. The third kappa shape index (κ3) is 4.58. The molecule has 6 bridgehead atoms. The van der Waals surface area contributed by atoms with E-state index < -0.39 is 11.3 Å². The van der Waals surface area contributed by atoms with Crippen LogP contribution in [0.1, 0.15) is 55.3 Å². The number of nitrogens with one attached hydrogen (secondary N) is 1. The molecule has 8 rings (SSSR count). The molecule has 0 saturated carbocycles. The summed E-state index contributed by atoms with van der Waals surface area (Å²) >= 11 is 0. The Labute approximate surface area is 192 Å². The molecular weight excluding hydrogens is 426 g/mol. The molecule has 0 unspecified atom stereocenters. The summed E-state index contributed by atoms with van der Waals surface area (Å²) in [5.74, 6) is 0.542. The SMILES string of the molecule is Nc1ccc2c(c1)N1CCC(F)(CCCC3(F)CCN(CC3)c3nccc(n3)NC2=O)CC1. The molecule has 6 aliphatic rings. The van der Waals surface area contributed by atoms with Gasteiger partial charge >= 0.3 is 0 Å². The van der Waals surface area contributed by atoms with E-state index in [0.717, 1.165) is 0 Å². The molecule has 33 heavy (non-hydrogen) atoms. The number of amides is 1. The lowest BCUT2D eigenvalue weighted by atomic mass is 9.83. The first-order valence-electron chi connectivity index (χ1n) is 11.7. The molecule has 0 radical (unpaired) electrons. The first kappa shape index (κ1) is 21.9. The second-order valence-corrected chi connectivity index (χ2v) is 9.60. The van der Waals surface area contributed by atoms with Gasteiger partial charge in [0.15, 0.2) is 0 Å². The first-order chi connectivity index (χ1) is 15.8. The molecular formula is C24H30F2N6O. The number of hydrogen-bond acceptors (Lipinski definition) is 6. The maximum Gasteiger partial charge on any atom is 0.258 e. The van der Waals surface area contributed by atoms with Gasteiger partial charge in [-0.1, -0.05) is 0 Å². The van der Waals surface area contributed by atoms with E-state index in [1.807, 2.05) is 9.80 Å². The van der Waals surface area contributed by atoms with Crippen LogP contribution in [0.4, 0.5) is 31.9 Å². The van der Waals surface area contributed by atoms with Crippen LogP contribution in [0.5, 0.6) is 0 Å². The molecule has 9 heteroatoms. The van der Waals surface area contributed by atoms with Crippen molar-refractivity contribution >= 4 is 29.0 Å². The van der Waals surface area contributed by atoms with Gasteiger partial charge in [-0.25, -0.2) is 13.8 Å². The molecule has 2 fully saturated rings. The van der Waals surface area contributed by atoms with Crippen LogP contribution in [-0.4, -0.2) is 53.4 Å². The lowest BCUT2D eigenvalue weighted by Gasteiger charge is -2.40. The summed E-state index contributed by atoms with van der Waals surface area (Å²) in [5.41, 5.74) is 5.15. The topological polar surface area (TPSA) is 87.4 Å². The second-order valence-electron chi connectivity index (χ2n) is 9.60. The van der Waals surface area contributed by atoms with Gasteiger partial charge in [-0.05, 0) is 69.2 Å². The van der Waals surface area contributed by atoms with Crippen LogP contribution in [0.3, 0.4) is 0 Å². The molecule has 6 aliphatic heterocycles. The van der Waals surface area contributed by atoms with Crippen molar-refractivity contribution in [2.45, 2.75) is 56.3 Å². The molecule has 1 amide bonds. The van der Waals surface area contributed by atoms with Crippen molar-refractivity contribution in [3.63, 3.8) is 0 Å². The molecule has 1 aromatic carbocycles. The average molecular weight is 457 g/mol. The Balaban J connectivity index is 1.48. The van der Waals surface area contributed by atoms with E-state index in [0.29, 0.717) is 99.8 Å². The summed E-state index contributed by atoms with van der Waals surface area (Å²) in [6.45, 7) is 1.94. The monoisotopic (exact) mass is 456 g/mol. The number of nitrogens with two attached hydrogens (primary N) is 1. The highest BCUT2D eigenvalue weighted by Gasteiger charge is 2.39. The number of halogens is 2. The van der Waals surface area contributed by atoms with Crippen molar-refractivity contribution in [3.05, 3.63) is 36.0 Å². The number of rotatable bonds is 0. The van der Waals surface area contributed by atoms with Crippen molar-refractivity contribution in [2.24, 2.45) is 0 Å². The quantitative estimate of drug-likeness (QED) is 0.580. The Morgan fingerprint density at radius 3 is 2.21 bits per heavy atom. The molecule has 7 heterocycles. The number of benzene rings is 1. The molecule has 2 saturated heterocycles. The highest BCUT2D eigenvalue weighted by molar-refractivity contribution is 6.08. The number of carbonyl (C=O) groups is 1. The molecule has 0 aliphatic carbocycles. The van der Waals surface area contributed by atoms with E-state index in [-0.39, 0.29) is 5.91 Å². The van der Waals surface area contributed by atoms with Gasteiger partial charge in [-0.2, -0.15) is 4.98 Å². The van der Waals surface area contributed by atoms with Crippen LogP contribution in [0.25, 0.3) is 0 Å². The fourth-order valence-corrected chi connectivity index (χ4v) is 5.23. The summed E-state index contributed by atoms with van der Waals surface area (Å²) in [4.78, 5) is 26.0. The largest absolute Gasteiger partial charge is 0.399 e. The number of anilines is 4. The summed E-state index contributed by atoms with van der Waals surface area (Å²) in [6, 6.07) is 6.79. The number of piperidine rings is 2. The van der Waals surface area contributed by atoms with E-state index in [1.54, 1.807) is 30.5 Å². The van der Waals surface area contributed by atoms with E-state index in [2.05, 4.69) is 15.3 Å². The zero-order valence-corrected chi connectivity index (χ0v) is 18.7. The van der Waals surface area contributed by atoms with Crippen molar-refractivity contribution < 1.29 is 13.6 Å². The van der Waals surface area contributed by atoms with Gasteiger partial charge in [0.25, 0.3) is 5.91 Å². The van der Waals surface area contributed by atoms with Gasteiger partial charge in [0.05, 0.1) is 11.3 Å². The van der Waals surface area contributed by atoms with Crippen molar-refractivity contribution in [3.8, 4) is 0 Å². The van der Waals surface area contributed by atoms with Crippen LogP contribution in [0.2, 0.25) is 0 Å². The first-order valence-corrected chi connectivity index (χ1v) is 11.7. The number of carbonyl (C=O) groups excluding carboxylic acids is 1. The minimum absolute atomic E-state index is 0.311. The molecule has 176 valence electrons. The van der Waals surface area contributed by atoms with Gasteiger partial charge in [0, 0.05) is 38.1 Å². The number of nitrogen functional groups attached to an aromatic ring is 1. The highest BCUT2D eigenvalue weighted by atomic mass is 19.1. The molecule has 2 aromatic rings. The maximum atomic E-state index is 15.5. The molecule has 0 atom stereocenters. The predicted molar refractivity (Wildman–Crippen MR) is 125 cm³/mol. The Morgan fingerprint density at radius 2 is 1.55 bits per heavy atom. The van der Waals surface area contributed by atoms with Crippen LogP contribution in [0, 0.1) is 0 Å². The van der Waals surface area contributed by atoms with Gasteiger partial charge in [0.2, 0.25) is 5.95 Å². The Morgan fingerprint density at radius 1 is 0.909 bits per heavy atom. The van der Waals surface area contributed by atoms with Crippen LogP contribution < -0.4 is 20.9 Å². The van der Waals surface area contributed by atoms with E-state index in [9.17, 15) is 4.79 Å². The minimum atomic E-state index is -1.30. The molecule has 0 spiro atoms. The van der Waals surface area contributed by atoms with Crippen LogP contribution >= 0.6 is 0 Å². The van der Waals surface area contributed by atoms with Crippen molar-refractivity contribution in [1.82, 2.24) is 9.97 Å². The van der Waals surface area contributed by atoms with E-state index in [1.165, 1.54) is 0 Å². The standard InChI is InChI=1S/C24H30F2N6O/c25-23-5-1-6-24(26)9-14-32(15-10-24)22-28-11-4-20(30-22)29-21(33)18-3-2-17(27)16-19(18)31(12-7-23)13-8-23/h2-4,11,16H,1,5-10,12-15,27H2,(H,28,29,30,33). The van der Waals surface area contributed by atoms with E-state index in [4.69, 9.17) is 5.73 Å². The highest BCUT2D eigenvalue weighted by Crippen LogP contribution is 2.38. The van der Waals surface area contributed by atoms with Gasteiger partial charge in [0.1, 0.15) is 17.2 Å². The minimum Gasteiger partial charge on any atom is -0.399 e. The van der Waals surface area contributed by atoms with Crippen molar-refractivity contribution in [2.75, 3.05) is 47.0 Å². The maximum absolute atomic E-state index is 15.5. The Bertz CT molecular complexity index is 1030. The third-order valence-corrected chi connectivity index (χ3v) is 7.34. The normalized spacial score (nSPS) is 28.1. The average Bonchev–Trinajstić information content (AvgIpc) is 2.79. The zero-order valence-electron chi connectivity index (χ0n) is 18.7. The lowest BCUT2D eigenvalue weighted by Crippen LogP contribution is -2.44. The number of alkyl halides is 2. The molecule has 7 nitrogen and oxygen atoms in total. The number of aromatic nitrogens is 2. The number of hydrogen-bond donors (Lipinski definition) is 2. The molecule has 1 aromatic heterocycles. The summed E-state index contributed by atoms with van der Waals surface area (Å²) in [6.07, 6.45) is 4.33. The zero-order chi connectivity index (χ0) is 23.1. The van der Waals surface area contributed by atoms with Gasteiger partial charge in [-0.3, -0.25) is 4.79 Å². The summed E-state index contributed by atoms with van der Waals surface area (Å²) in [7, 11) is 0. The summed E-state index contributed by atoms with van der Waals surface area (Å²) < 4.78 is 30.9.